The van der Waals surface area contributed by atoms with Crippen LogP contribution in [0.4, 0.5) is 11.4 Å². The van der Waals surface area contributed by atoms with Crippen molar-refractivity contribution in [1.82, 2.24) is 0 Å². The summed E-state index contributed by atoms with van der Waals surface area (Å²) in [6, 6.07) is 1.71. The van der Waals surface area contributed by atoms with Crippen LogP contribution in [-0.2, 0) is 17.6 Å². The average Bonchev–Trinajstić information content (AvgIpc) is 2.64. The van der Waals surface area contributed by atoms with Crippen LogP contribution in [0.25, 0.3) is 0 Å². The van der Waals surface area contributed by atoms with Gasteiger partial charge in [0.15, 0.2) is 0 Å². The van der Waals surface area contributed by atoms with Gasteiger partial charge in [-0.3, -0.25) is 14.9 Å². The third kappa shape index (κ3) is 2.10. The first-order valence-electron chi connectivity index (χ1n) is 5.27. The predicted octanol–water partition coefficient (Wildman–Crippen LogP) is 2.70. The Balaban J connectivity index is 2.64. The molecule has 5 nitrogen and oxygen atoms in total. The number of fused-ring (bicyclic) bond motifs is 1. The molecule has 0 radical (unpaired) electrons. The van der Waals surface area contributed by atoms with E-state index in [9.17, 15) is 14.9 Å². The molecule has 0 heterocycles. The molecule has 1 aromatic carbocycles. The lowest BCUT2D eigenvalue weighted by atomic mass is 10.1. The van der Waals surface area contributed by atoms with Gasteiger partial charge in [0, 0.05) is 12.5 Å². The molecule has 6 heteroatoms. The quantitative estimate of drug-likeness (QED) is 0.651. The minimum absolute atomic E-state index is 0.0554. The third-order valence-electron chi connectivity index (χ3n) is 2.81. The molecule has 1 aromatic rings. The molecule has 0 saturated carbocycles. The summed E-state index contributed by atoms with van der Waals surface area (Å²) in [6.07, 6.45) is 2.35. The van der Waals surface area contributed by atoms with E-state index in [2.05, 4.69) is 5.32 Å². The van der Waals surface area contributed by atoms with Gasteiger partial charge in [-0.1, -0.05) is 11.6 Å². The molecule has 17 heavy (non-hydrogen) atoms. The predicted molar refractivity (Wildman–Crippen MR) is 64.4 cm³/mol. The molecular formula is C11H11ClN2O3. The zero-order chi connectivity index (χ0) is 12.6. The van der Waals surface area contributed by atoms with Crippen molar-refractivity contribution >= 4 is 28.9 Å². The van der Waals surface area contributed by atoms with Crippen LogP contribution in [0.2, 0.25) is 5.02 Å². The Kier molecular flexibility index (Phi) is 3.02. The summed E-state index contributed by atoms with van der Waals surface area (Å²) in [5.74, 6) is -0.368. The Morgan fingerprint density at radius 2 is 2.24 bits per heavy atom. The fourth-order valence-electron chi connectivity index (χ4n) is 2.18. The molecule has 1 amide bonds. The van der Waals surface area contributed by atoms with Gasteiger partial charge < -0.3 is 5.32 Å². The maximum absolute atomic E-state index is 11.1. The molecule has 0 aromatic heterocycles. The van der Waals surface area contributed by atoms with Crippen molar-refractivity contribution < 1.29 is 9.72 Å². The largest absolute Gasteiger partial charge is 0.319 e. The minimum Gasteiger partial charge on any atom is -0.319 e. The Hall–Kier alpha value is -1.62. The van der Waals surface area contributed by atoms with Crippen molar-refractivity contribution in [3.05, 3.63) is 32.3 Å². The Labute approximate surface area is 103 Å². The maximum Gasteiger partial charge on any atom is 0.297 e. The van der Waals surface area contributed by atoms with Crippen LogP contribution in [0.15, 0.2) is 6.07 Å². The number of rotatable bonds is 2. The molecule has 1 aliphatic rings. The van der Waals surface area contributed by atoms with E-state index in [1.165, 1.54) is 6.92 Å². The van der Waals surface area contributed by atoms with Gasteiger partial charge in [0.2, 0.25) is 5.91 Å². The lowest BCUT2D eigenvalue weighted by molar-refractivity contribution is -0.384. The Bertz CT molecular complexity index is 514. The topological polar surface area (TPSA) is 72.2 Å². The number of amides is 1. The summed E-state index contributed by atoms with van der Waals surface area (Å²) >= 11 is 5.98. The van der Waals surface area contributed by atoms with Crippen LogP contribution in [0.5, 0.6) is 0 Å². The van der Waals surface area contributed by atoms with Gasteiger partial charge in [0.05, 0.1) is 9.95 Å². The molecule has 1 N–H and O–H groups in total. The molecule has 0 saturated heterocycles. The van der Waals surface area contributed by atoms with Crippen LogP contribution in [0.1, 0.15) is 24.5 Å². The summed E-state index contributed by atoms with van der Waals surface area (Å²) in [7, 11) is 0. The smallest absolute Gasteiger partial charge is 0.297 e. The van der Waals surface area contributed by atoms with Crippen molar-refractivity contribution in [2.24, 2.45) is 0 Å². The summed E-state index contributed by atoms with van der Waals surface area (Å²) in [5.41, 5.74) is 1.67. The molecule has 0 unspecified atom stereocenters. The highest BCUT2D eigenvalue weighted by Crippen LogP contribution is 2.41. The molecular weight excluding hydrogens is 244 g/mol. The summed E-state index contributed by atoms with van der Waals surface area (Å²) in [4.78, 5) is 21.7. The maximum atomic E-state index is 11.1. The van der Waals surface area contributed by atoms with Crippen molar-refractivity contribution in [2.75, 3.05) is 5.32 Å². The van der Waals surface area contributed by atoms with Crippen molar-refractivity contribution in [2.45, 2.75) is 26.2 Å². The van der Waals surface area contributed by atoms with Crippen LogP contribution >= 0.6 is 11.6 Å². The van der Waals surface area contributed by atoms with Gasteiger partial charge in [-0.25, -0.2) is 0 Å². The third-order valence-corrected chi connectivity index (χ3v) is 3.10. The van der Waals surface area contributed by atoms with E-state index in [4.69, 9.17) is 11.6 Å². The van der Waals surface area contributed by atoms with E-state index in [0.717, 1.165) is 18.4 Å². The molecule has 0 spiro atoms. The van der Waals surface area contributed by atoms with Gasteiger partial charge in [-0.2, -0.15) is 0 Å². The molecule has 2 rings (SSSR count). The number of anilines is 1. The summed E-state index contributed by atoms with van der Waals surface area (Å²) in [5, 5.41) is 13.8. The highest BCUT2D eigenvalue weighted by atomic mass is 35.5. The van der Waals surface area contributed by atoms with Gasteiger partial charge in [0.25, 0.3) is 5.69 Å². The van der Waals surface area contributed by atoms with Crippen LogP contribution in [-0.4, -0.2) is 10.8 Å². The van der Waals surface area contributed by atoms with Crippen LogP contribution in [0, 0.1) is 10.1 Å². The number of hydrogen-bond donors (Lipinski definition) is 1. The molecule has 1 aliphatic carbocycles. The highest BCUT2D eigenvalue weighted by molar-refractivity contribution is 6.34. The highest BCUT2D eigenvalue weighted by Gasteiger charge is 2.29. The first-order chi connectivity index (χ1) is 8.00. The normalized spacial score (nSPS) is 13.3. The molecule has 0 bridgehead atoms. The Morgan fingerprint density at radius 1 is 1.53 bits per heavy atom. The summed E-state index contributed by atoms with van der Waals surface area (Å²) < 4.78 is 0. The van der Waals surface area contributed by atoms with Crippen LogP contribution < -0.4 is 5.32 Å². The number of carbonyl (C=O) groups is 1. The summed E-state index contributed by atoms with van der Waals surface area (Å²) in [6.45, 7) is 1.30. The minimum atomic E-state index is -0.471. The lowest BCUT2D eigenvalue weighted by Crippen LogP contribution is -2.10. The zero-order valence-corrected chi connectivity index (χ0v) is 10.0. The van der Waals surface area contributed by atoms with Crippen molar-refractivity contribution in [3.8, 4) is 0 Å². The van der Waals surface area contributed by atoms with Gasteiger partial charge in [0.1, 0.15) is 5.69 Å². The van der Waals surface area contributed by atoms with E-state index >= 15 is 0 Å². The molecule has 90 valence electrons. The number of benzene rings is 1. The van der Waals surface area contributed by atoms with Gasteiger partial charge in [-0.15, -0.1) is 0 Å². The second-order valence-electron chi connectivity index (χ2n) is 4.01. The molecule has 0 atom stereocenters. The lowest BCUT2D eigenvalue weighted by Gasteiger charge is -2.10. The number of nitro benzene ring substituents is 1. The van der Waals surface area contributed by atoms with E-state index < -0.39 is 4.92 Å². The van der Waals surface area contributed by atoms with Crippen molar-refractivity contribution in [3.63, 3.8) is 0 Å². The number of nitrogens with zero attached hydrogens (tertiary/aromatic N) is 1. The second-order valence-corrected chi connectivity index (χ2v) is 4.42. The SMILES string of the molecule is CC(=O)Nc1c(Cl)cc2c(c1[N+](=O)[O-])CCC2. The number of hydrogen-bond acceptors (Lipinski definition) is 3. The Morgan fingerprint density at radius 3 is 2.82 bits per heavy atom. The van der Waals surface area contributed by atoms with Crippen LogP contribution in [0.3, 0.4) is 0 Å². The van der Waals surface area contributed by atoms with E-state index in [1.54, 1.807) is 6.07 Å². The fraction of sp³-hybridized carbons (Fsp3) is 0.364. The number of aryl methyl sites for hydroxylation is 1. The number of nitro groups is 1. The van der Waals surface area contributed by atoms with Crippen molar-refractivity contribution in [1.29, 1.82) is 0 Å². The van der Waals surface area contributed by atoms with E-state index in [-0.39, 0.29) is 22.3 Å². The monoisotopic (exact) mass is 254 g/mol. The number of nitrogens with one attached hydrogen (secondary N) is 1. The average molecular weight is 255 g/mol. The number of halogens is 1. The second kappa shape index (κ2) is 4.33. The van der Waals surface area contributed by atoms with E-state index in [0.29, 0.717) is 12.0 Å². The number of carbonyl (C=O) groups excluding carboxylic acids is 1. The van der Waals surface area contributed by atoms with Gasteiger partial charge >= 0.3 is 0 Å². The fourth-order valence-corrected chi connectivity index (χ4v) is 2.45. The van der Waals surface area contributed by atoms with Gasteiger partial charge in [-0.05, 0) is 30.9 Å². The first kappa shape index (κ1) is 11.9. The zero-order valence-electron chi connectivity index (χ0n) is 9.25. The van der Waals surface area contributed by atoms with E-state index in [1.807, 2.05) is 0 Å². The standard InChI is InChI=1S/C11H11ClN2O3/c1-6(15)13-10-9(12)5-7-3-2-4-8(7)11(10)14(16)17/h5H,2-4H2,1H3,(H,13,15). The molecule has 0 aliphatic heterocycles. The first-order valence-corrected chi connectivity index (χ1v) is 5.64. The molecule has 0 fully saturated rings.